The third-order valence-corrected chi connectivity index (χ3v) is 2.80. The molecule has 0 aliphatic carbocycles. The molecule has 0 unspecified atom stereocenters. The third kappa shape index (κ3) is 3.27. The van der Waals surface area contributed by atoms with Crippen LogP contribution in [0, 0.1) is 0 Å². The van der Waals surface area contributed by atoms with E-state index in [0.29, 0.717) is 11.6 Å². The number of nitrogen functional groups attached to an aromatic ring is 1. The van der Waals surface area contributed by atoms with E-state index in [9.17, 15) is 0 Å². The summed E-state index contributed by atoms with van der Waals surface area (Å²) in [5.41, 5.74) is 6.59. The molecule has 1 heterocycles. The average molecular weight is 278 g/mol. The molecule has 0 spiro atoms. The summed E-state index contributed by atoms with van der Waals surface area (Å²) in [7, 11) is 0. The highest BCUT2D eigenvalue weighted by atomic mass is 16.5. The fraction of sp³-hybridized carbons (Fsp3) is 0. The Bertz CT molecular complexity index is 731. The van der Waals surface area contributed by atoms with Crippen LogP contribution in [0.15, 0.2) is 67.0 Å². The maximum absolute atomic E-state index is 5.78. The summed E-state index contributed by atoms with van der Waals surface area (Å²) >= 11 is 0. The molecule has 3 rings (SSSR count). The lowest BCUT2D eigenvalue weighted by molar-refractivity contribution is 0.483. The van der Waals surface area contributed by atoms with E-state index >= 15 is 0 Å². The lowest BCUT2D eigenvalue weighted by Gasteiger charge is -2.10. The highest BCUT2D eigenvalue weighted by Gasteiger charge is 2.03. The van der Waals surface area contributed by atoms with Gasteiger partial charge in [0.1, 0.15) is 11.5 Å². The van der Waals surface area contributed by atoms with Crippen molar-refractivity contribution in [2.45, 2.75) is 0 Å². The lowest BCUT2D eigenvalue weighted by Crippen LogP contribution is -2.00. The van der Waals surface area contributed by atoms with Crippen LogP contribution in [0.1, 0.15) is 0 Å². The highest BCUT2D eigenvalue weighted by molar-refractivity contribution is 5.66. The smallest absolute Gasteiger partial charge is 0.173 e. The Morgan fingerprint density at radius 3 is 2.43 bits per heavy atom. The average Bonchev–Trinajstić information content (AvgIpc) is 2.51. The van der Waals surface area contributed by atoms with Crippen LogP contribution in [-0.4, -0.2) is 9.97 Å². The van der Waals surface area contributed by atoms with Gasteiger partial charge in [-0.1, -0.05) is 24.3 Å². The molecule has 0 aliphatic rings. The molecule has 5 nitrogen and oxygen atoms in total. The van der Waals surface area contributed by atoms with Crippen molar-refractivity contribution in [3.05, 3.63) is 67.0 Å². The number of hydrogen-bond donors (Lipinski definition) is 2. The normalized spacial score (nSPS) is 10.1. The second kappa shape index (κ2) is 5.92. The molecule has 1 aromatic heterocycles. The van der Waals surface area contributed by atoms with E-state index in [0.717, 1.165) is 17.2 Å². The van der Waals surface area contributed by atoms with Gasteiger partial charge in [0.05, 0.1) is 0 Å². The number of aromatic nitrogens is 2. The number of ether oxygens (including phenoxy) is 1. The molecule has 3 aromatic rings. The molecule has 0 amide bonds. The Labute approximate surface area is 122 Å². The minimum Gasteiger partial charge on any atom is -0.457 e. The van der Waals surface area contributed by atoms with Crippen LogP contribution in [-0.2, 0) is 0 Å². The van der Waals surface area contributed by atoms with Crippen LogP contribution >= 0.6 is 0 Å². The summed E-state index contributed by atoms with van der Waals surface area (Å²) in [5.74, 6) is 2.39. The van der Waals surface area contributed by atoms with Crippen molar-refractivity contribution in [2.75, 3.05) is 11.1 Å². The van der Waals surface area contributed by atoms with Gasteiger partial charge in [0.15, 0.2) is 11.6 Å². The van der Waals surface area contributed by atoms with E-state index in [2.05, 4.69) is 15.3 Å². The predicted molar refractivity (Wildman–Crippen MR) is 82.7 cm³/mol. The molecule has 0 radical (unpaired) electrons. The standard InChI is InChI=1S/C16H14N4O/c17-15-16(19-10-9-18-15)20-12-5-4-8-14(11-12)21-13-6-2-1-3-7-13/h1-11H,(H2,17,18)(H,19,20). The van der Waals surface area contributed by atoms with Crippen molar-refractivity contribution in [3.8, 4) is 11.5 Å². The summed E-state index contributed by atoms with van der Waals surface area (Å²) in [6.45, 7) is 0. The number of anilines is 3. The second-order valence-electron chi connectivity index (χ2n) is 4.36. The largest absolute Gasteiger partial charge is 0.457 e. The van der Waals surface area contributed by atoms with Crippen molar-refractivity contribution in [2.24, 2.45) is 0 Å². The Morgan fingerprint density at radius 1 is 0.857 bits per heavy atom. The molecule has 0 fully saturated rings. The van der Waals surface area contributed by atoms with Crippen molar-refractivity contribution in [3.63, 3.8) is 0 Å². The fourth-order valence-electron chi connectivity index (χ4n) is 1.84. The van der Waals surface area contributed by atoms with Gasteiger partial charge in [-0.2, -0.15) is 0 Å². The summed E-state index contributed by atoms with van der Waals surface area (Å²) in [6, 6.07) is 17.2. The fourth-order valence-corrected chi connectivity index (χ4v) is 1.84. The van der Waals surface area contributed by atoms with Gasteiger partial charge in [0.2, 0.25) is 0 Å². The summed E-state index contributed by atoms with van der Waals surface area (Å²) in [5, 5.41) is 3.12. The number of hydrogen-bond acceptors (Lipinski definition) is 5. The van der Waals surface area contributed by atoms with Gasteiger partial charge in [-0.15, -0.1) is 0 Å². The monoisotopic (exact) mass is 278 g/mol. The first-order chi connectivity index (χ1) is 10.3. The van der Waals surface area contributed by atoms with Crippen molar-refractivity contribution in [1.82, 2.24) is 9.97 Å². The van der Waals surface area contributed by atoms with E-state index in [1.54, 1.807) is 12.4 Å². The Morgan fingerprint density at radius 2 is 1.62 bits per heavy atom. The first-order valence-corrected chi connectivity index (χ1v) is 6.48. The first-order valence-electron chi connectivity index (χ1n) is 6.48. The van der Waals surface area contributed by atoms with Crippen LogP contribution in [0.4, 0.5) is 17.3 Å². The van der Waals surface area contributed by atoms with E-state index < -0.39 is 0 Å². The number of benzene rings is 2. The molecule has 0 atom stereocenters. The Kier molecular flexibility index (Phi) is 3.64. The second-order valence-corrected chi connectivity index (χ2v) is 4.36. The van der Waals surface area contributed by atoms with Crippen LogP contribution in [0.5, 0.6) is 11.5 Å². The van der Waals surface area contributed by atoms with Gasteiger partial charge in [-0.25, -0.2) is 9.97 Å². The molecule has 0 saturated carbocycles. The molecule has 21 heavy (non-hydrogen) atoms. The molecule has 104 valence electrons. The van der Waals surface area contributed by atoms with Gasteiger partial charge < -0.3 is 15.8 Å². The Hall–Kier alpha value is -3.08. The molecule has 2 aromatic carbocycles. The van der Waals surface area contributed by atoms with Gasteiger partial charge in [0.25, 0.3) is 0 Å². The number of para-hydroxylation sites is 1. The molecular formula is C16H14N4O. The number of nitrogens with zero attached hydrogens (tertiary/aromatic N) is 2. The lowest BCUT2D eigenvalue weighted by atomic mass is 10.3. The summed E-state index contributed by atoms with van der Waals surface area (Å²) < 4.78 is 5.78. The quantitative estimate of drug-likeness (QED) is 0.763. The van der Waals surface area contributed by atoms with Crippen LogP contribution in [0.3, 0.4) is 0 Å². The SMILES string of the molecule is Nc1nccnc1Nc1cccc(Oc2ccccc2)c1. The van der Waals surface area contributed by atoms with Gasteiger partial charge >= 0.3 is 0 Å². The summed E-state index contributed by atoms with van der Waals surface area (Å²) in [6.07, 6.45) is 3.14. The zero-order valence-electron chi connectivity index (χ0n) is 11.2. The minimum atomic E-state index is 0.354. The number of nitrogens with two attached hydrogens (primary N) is 1. The number of nitrogens with one attached hydrogen (secondary N) is 1. The third-order valence-electron chi connectivity index (χ3n) is 2.80. The first kappa shape index (κ1) is 12.9. The predicted octanol–water partition coefficient (Wildman–Crippen LogP) is 3.59. The maximum atomic E-state index is 5.78. The zero-order valence-corrected chi connectivity index (χ0v) is 11.2. The molecular weight excluding hydrogens is 264 g/mol. The molecule has 0 saturated heterocycles. The van der Waals surface area contributed by atoms with Gasteiger partial charge in [-0.05, 0) is 24.3 Å². The molecule has 0 aliphatic heterocycles. The van der Waals surface area contributed by atoms with E-state index in [1.165, 1.54) is 0 Å². The van der Waals surface area contributed by atoms with Crippen LogP contribution in [0.2, 0.25) is 0 Å². The Balaban J connectivity index is 1.79. The summed E-state index contributed by atoms with van der Waals surface area (Å²) in [4.78, 5) is 8.13. The van der Waals surface area contributed by atoms with E-state index in [4.69, 9.17) is 10.5 Å². The maximum Gasteiger partial charge on any atom is 0.173 e. The zero-order chi connectivity index (χ0) is 14.5. The minimum absolute atomic E-state index is 0.354. The molecule has 0 bridgehead atoms. The van der Waals surface area contributed by atoms with Crippen molar-refractivity contribution < 1.29 is 4.74 Å². The highest BCUT2D eigenvalue weighted by Crippen LogP contribution is 2.26. The van der Waals surface area contributed by atoms with Crippen molar-refractivity contribution in [1.29, 1.82) is 0 Å². The number of rotatable bonds is 4. The van der Waals surface area contributed by atoms with Gasteiger partial charge in [0, 0.05) is 24.1 Å². The van der Waals surface area contributed by atoms with Crippen LogP contribution in [0.25, 0.3) is 0 Å². The molecule has 3 N–H and O–H groups in total. The van der Waals surface area contributed by atoms with E-state index in [1.807, 2.05) is 54.6 Å². The van der Waals surface area contributed by atoms with Gasteiger partial charge in [-0.3, -0.25) is 0 Å². The van der Waals surface area contributed by atoms with Crippen molar-refractivity contribution >= 4 is 17.3 Å². The topological polar surface area (TPSA) is 73.1 Å². The van der Waals surface area contributed by atoms with E-state index in [-0.39, 0.29) is 0 Å². The van der Waals surface area contributed by atoms with Crippen LogP contribution < -0.4 is 15.8 Å². The molecule has 5 heteroatoms.